The van der Waals surface area contributed by atoms with E-state index in [1.807, 2.05) is 25.1 Å². The topological polar surface area (TPSA) is 165 Å². The zero-order chi connectivity index (χ0) is 42.1. The van der Waals surface area contributed by atoms with Gasteiger partial charge in [0.2, 0.25) is 27.7 Å². The van der Waals surface area contributed by atoms with Crippen LogP contribution in [0.5, 0.6) is 0 Å². The van der Waals surface area contributed by atoms with Gasteiger partial charge in [0.05, 0.1) is 23.6 Å². The van der Waals surface area contributed by atoms with Crippen LogP contribution in [0.3, 0.4) is 0 Å². The summed E-state index contributed by atoms with van der Waals surface area (Å²) >= 11 is 1.67. The zero-order valence-electron chi connectivity index (χ0n) is 33.3. The third-order valence-corrected chi connectivity index (χ3v) is 15.2. The molecule has 314 valence electrons. The zero-order valence-corrected chi connectivity index (χ0v) is 34.9. The van der Waals surface area contributed by atoms with Crippen molar-refractivity contribution in [3.8, 4) is 11.1 Å². The lowest BCUT2D eigenvalue weighted by Gasteiger charge is -2.39. The Bertz CT molecular complexity index is 2450. The van der Waals surface area contributed by atoms with Crippen molar-refractivity contribution in [2.75, 3.05) is 29.5 Å². The number of thioether (sulfide) groups is 1. The highest BCUT2D eigenvalue weighted by atomic mass is 32.2. The summed E-state index contributed by atoms with van der Waals surface area (Å²) in [6, 6.07) is 20.7. The number of hydrogen-bond acceptors (Lipinski definition) is 9. The van der Waals surface area contributed by atoms with Gasteiger partial charge in [0, 0.05) is 59.2 Å². The molecule has 60 heavy (non-hydrogen) atoms. The predicted octanol–water partition coefficient (Wildman–Crippen LogP) is 6.78. The molecule has 4 aromatic carbocycles. The average Bonchev–Trinajstić information content (AvgIpc) is 3.84. The molecule has 0 aromatic heterocycles. The Morgan fingerprint density at radius 2 is 1.75 bits per heavy atom. The fourth-order valence-corrected chi connectivity index (χ4v) is 11.7. The highest BCUT2D eigenvalue weighted by Gasteiger charge is 2.48. The van der Waals surface area contributed by atoms with Crippen LogP contribution in [0.25, 0.3) is 11.1 Å². The summed E-state index contributed by atoms with van der Waals surface area (Å²) < 4.78 is 45.0. The van der Waals surface area contributed by atoms with Crippen LogP contribution in [0.15, 0.2) is 88.7 Å². The Labute approximate surface area is 353 Å². The molecule has 4 heterocycles. The van der Waals surface area contributed by atoms with E-state index in [9.17, 15) is 32.7 Å². The van der Waals surface area contributed by atoms with E-state index in [1.54, 1.807) is 65.2 Å². The lowest BCUT2D eigenvalue weighted by Crippen LogP contribution is -2.52. The Morgan fingerprint density at radius 3 is 2.53 bits per heavy atom. The van der Waals surface area contributed by atoms with Gasteiger partial charge in [-0.2, -0.15) is 4.31 Å². The number of fused-ring (bicyclic) bond motifs is 4. The first-order chi connectivity index (χ1) is 28.9. The van der Waals surface area contributed by atoms with E-state index < -0.39 is 33.8 Å². The quantitative estimate of drug-likeness (QED) is 0.0608. The molecule has 4 atom stereocenters. The Balaban J connectivity index is 0.852. The lowest BCUT2D eigenvalue weighted by molar-refractivity contribution is -0.137. The van der Waals surface area contributed by atoms with E-state index in [2.05, 4.69) is 16.0 Å². The number of anilines is 2. The number of imide groups is 1. The van der Waals surface area contributed by atoms with Gasteiger partial charge in [-0.1, -0.05) is 42.7 Å². The van der Waals surface area contributed by atoms with Crippen LogP contribution >= 0.6 is 11.8 Å². The van der Waals surface area contributed by atoms with Gasteiger partial charge in [-0.25, -0.2) is 12.8 Å². The number of sulfonamides is 1. The van der Waals surface area contributed by atoms with Gasteiger partial charge in [-0.3, -0.25) is 24.5 Å². The molecular weight excluding hydrogens is 806 g/mol. The summed E-state index contributed by atoms with van der Waals surface area (Å²) in [6.45, 7) is 2.36. The van der Waals surface area contributed by atoms with E-state index in [0.717, 1.165) is 41.0 Å². The van der Waals surface area contributed by atoms with Crippen LogP contribution < -0.4 is 16.0 Å². The second-order valence-corrected chi connectivity index (χ2v) is 19.0. The Hall–Kier alpha value is -5.09. The van der Waals surface area contributed by atoms with Crippen LogP contribution in [-0.4, -0.2) is 77.3 Å². The maximum Gasteiger partial charge on any atom is 0.255 e. The maximum atomic E-state index is 15.5. The number of benzene rings is 4. The number of nitrogens with zero attached hydrogens (tertiary/aromatic N) is 2. The lowest BCUT2D eigenvalue weighted by atomic mass is 9.82. The monoisotopic (exact) mass is 853 g/mol. The Morgan fingerprint density at radius 1 is 0.950 bits per heavy atom. The maximum absolute atomic E-state index is 15.5. The number of rotatable bonds is 14. The van der Waals surface area contributed by atoms with Crippen molar-refractivity contribution in [3.63, 3.8) is 0 Å². The van der Waals surface area contributed by atoms with E-state index in [-0.39, 0.29) is 59.7 Å². The summed E-state index contributed by atoms with van der Waals surface area (Å²) in [5, 5.41) is 18.9. The van der Waals surface area contributed by atoms with Crippen LogP contribution in [-0.2, 0) is 31.0 Å². The first-order valence-electron chi connectivity index (χ1n) is 20.5. The molecule has 1 unspecified atom stereocenters. The van der Waals surface area contributed by atoms with Gasteiger partial charge in [-0.15, -0.1) is 11.8 Å². The number of nitrogens with one attached hydrogen (secondary N) is 3. The number of halogens is 1. The fraction of sp³-hybridized carbons (Fsp3) is 0.378. The largest absolute Gasteiger partial charge is 0.394 e. The number of hydrogen-bond donors (Lipinski definition) is 4. The molecule has 4 aliphatic heterocycles. The molecule has 2 fully saturated rings. The number of aryl methyl sites for hydroxylation is 1. The predicted molar refractivity (Wildman–Crippen MR) is 227 cm³/mol. The first-order valence-corrected chi connectivity index (χ1v) is 22.9. The molecule has 2 saturated heterocycles. The molecule has 4 aliphatic rings. The molecule has 4 amide bonds. The number of carbonyl (C=O) groups excluding carboxylic acids is 4. The van der Waals surface area contributed by atoms with Crippen molar-refractivity contribution in [3.05, 3.63) is 107 Å². The third-order valence-electron chi connectivity index (χ3n) is 12.1. The Kier molecular flexibility index (Phi) is 12.1. The highest BCUT2D eigenvalue weighted by molar-refractivity contribution is 7.99. The van der Waals surface area contributed by atoms with Crippen molar-refractivity contribution >= 4 is 56.8 Å². The summed E-state index contributed by atoms with van der Waals surface area (Å²) in [5.74, 6) is -0.943. The molecule has 0 spiro atoms. The molecular formula is C45H48FN5O7S2. The minimum atomic E-state index is -3.87. The number of carbonyl (C=O) groups is 4. The van der Waals surface area contributed by atoms with Crippen molar-refractivity contribution in [1.29, 1.82) is 0 Å². The van der Waals surface area contributed by atoms with Crippen LogP contribution in [0.4, 0.5) is 15.8 Å². The van der Waals surface area contributed by atoms with Crippen LogP contribution in [0.1, 0.15) is 84.5 Å². The number of unbranched alkanes of at least 4 members (excludes halogenated alkanes) is 3. The molecule has 0 saturated carbocycles. The number of aliphatic hydroxyl groups is 1. The number of piperidine rings is 1. The van der Waals surface area contributed by atoms with Crippen molar-refractivity contribution in [2.45, 2.75) is 92.8 Å². The molecule has 8 rings (SSSR count). The molecule has 4 aromatic rings. The second-order valence-electron chi connectivity index (χ2n) is 16.0. The summed E-state index contributed by atoms with van der Waals surface area (Å²) in [5.41, 5.74) is 5.13. The minimum Gasteiger partial charge on any atom is -0.394 e. The van der Waals surface area contributed by atoms with Crippen LogP contribution in [0.2, 0.25) is 0 Å². The van der Waals surface area contributed by atoms with Gasteiger partial charge >= 0.3 is 0 Å². The van der Waals surface area contributed by atoms with E-state index in [0.29, 0.717) is 60.3 Å². The van der Waals surface area contributed by atoms with E-state index in [4.69, 9.17) is 0 Å². The average molecular weight is 854 g/mol. The van der Waals surface area contributed by atoms with Crippen molar-refractivity contribution in [1.82, 2.24) is 14.5 Å². The molecule has 0 radical (unpaired) electrons. The smallest absolute Gasteiger partial charge is 0.255 e. The molecule has 4 N–H and O–H groups in total. The van der Waals surface area contributed by atoms with E-state index in [1.165, 1.54) is 16.4 Å². The van der Waals surface area contributed by atoms with Gasteiger partial charge in [0.15, 0.2) is 0 Å². The van der Waals surface area contributed by atoms with Gasteiger partial charge in [0.25, 0.3) is 5.91 Å². The molecule has 0 bridgehead atoms. The fourth-order valence-electron chi connectivity index (χ4n) is 8.97. The van der Waals surface area contributed by atoms with Crippen molar-refractivity contribution in [2.24, 2.45) is 5.92 Å². The second kappa shape index (κ2) is 17.5. The minimum absolute atomic E-state index is 0.161. The number of aliphatic hydroxyl groups excluding tert-OH is 1. The van der Waals surface area contributed by atoms with Crippen LogP contribution in [0, 0.1) is 18.7 Å². The summed E-state index contributed by atoms with van der Waals surface area (Å²) in [6.07, 6.45) is 4.74. The SMILES string of the molecule is Cc1ccc(S(=O)(=O)N2CC[C@@H]3[C@H](CO)Nc4ccc(-c5cc(NC(=O)CCCCCCSc6cccc7c6CN(C6CCC(=O)NC6=O)C7=O)ccc5F)cc4[C@@H]32)cc1. The standard InChI is InChI=1S/C45H48FN5O7S2/c1-27-10-14-30(15-11-27)60(57,58)51-21-20-32-38(26-52)48-37-17-12-28(23-34(37)43(32)51)33-24-29(13-16-36(33)46)47-41(53)9-4-2-3-5-22-59-40-8-6-7-31-35(40)25-50(45(31)56)39-18-19-42(54)49-44(39)55/h6-8,10-17,23-24,32,38-39,43,48,52H,2-5,9,18-22,25-26H2,1H3,(H,47,53)(H,49,54,55)/t32-,38+,39?,43-/m1/s1. The van der Waals surface area contributed by atoms with Gasteiger partial charge in [0.1, 0.15) is 11.9 Å². The highest BCUT2D eigenvalue weighted by Crippen LogP contribution is 2.49. The third kappa shape index (κ3) is 8.32. The van der Waals surface area contributed by atoms with Gasteiger partial charge in [-0.05, 0) is 110 Å². The van der Waals surface area contributed by atoms with Gasteiger partial charge < -0.3 is 20.6 Å². The summed E-state index contributed by atoms with van der Waals surface area (Å²) in [4.78, 5) is 53.0. The molecule has 12 nitrogen and oxygen atoms in total. The molecule has 15 heteroatoms. The summed E-state index contributed by atoms with van der Waals surface area (Å²) in [7, 11) is -3.87. The molecule has 0 aliphatic carbocycles. The first kappa shape index (κ1) is 41.6. The van der Waals surface area contributed by atoms with Crippen molar-refractivity contribution < 1.29 is 37.1 Å². The van der Waals surface area contributed by atoms with E-state index >= 15 is 4.39 Å². The number of amides is 4. The normalized spacial score (nSPS) is 21.2.